The summed E-state index contributed by atoms with van der Waals surface area (Å²) < 4.78 is 0. The Labute approximate surface area is 110 Å². The fourth-order valence-electron chi connectivity index (χ4n) is 2.07. The van der Waals surface area contributed by atoms with E-state index < -0.39 is 0 Å². The molecular weight excluding hydrogens is 228 g/mol. The maximum Gasteiger partial charge on any atom is 0.109 e. The molecule has 0 fully saturated rings. The number of nitrogens with zero attached hydrogens (tertiary/aromatic N) is 1. The number of aromatic nitrogens is 1. The van der Waals surface area contributed by atoms with Crippen molar-refractivity contribution in [3.05, 3.63) is 16.6 Å². The van der Waals surface area contributed by atoms with Gasteiger partial charge >= 0.3 is 0 Å². The fourth-order valence-corrected chi connectivity index (χ4v) is 2.86. The van der Waals surface area contributed by atoms with Crippen molar-refractivity contribution in [1.29, 1.82) is 0 Å². The third-order valence-corrected chi connectivity index (χ3v) is 4.24. The Hall–Kier alpha value is -0.410. The first-order chi connectivity index (χ1) is 8.31. The second kappa shape index (κ2) is 8.65. The lowest BCUT2D eigenvalue weighted by Crippen LogP contribution is -2.27. The van der Waals surface area contributed by atoms with Crippen LogP contribution < -0.4 is 5.32 Å². The highest BCUT2D eigenvalue weighted by Gasteiger charge is 2.13. The lowest BCUT2D eigenvalue weighted by Gasteiger charge is -2.20. The molecule has 2 unspecified atom stereocenters. The summed E-state index contributed by atoms with van der Waals surface area (Å²) in [6.45, 7) is 7.93. The molecule has 0 spiro atoms. The maximum absolute atomic E-state index is 4.41. The summed E-state index contributed by atoms with van der Waals surface area (Å²) in [6.07, 6.45) is 8.32. The van der Waals surface area contributed by atoms with Gasteiger partial charge in [-0.1, -0.05) is 40.0 Å². The maximum atomic E-state index is 4.41. The number of rotatable bonds is 9. The molecular formula is C14H26N2S. The Balaban J connectivity index is 2.35. The molecule has 2 atom stereocenters. The Morgan fingerprint density at radius 3 is 2.65 bits per heavy atom. The highest BCUT2D eigenvalue weighted by molar-refractivity contribution is 7.09. The van der Waals surface area contributed by atoms with Crippen LogP contribution in [0.2, 0.25) is 0 Å². The van der Waals surface area contributed by atoms with Gasteiger partial charge in [-0.25, -0.2) is 4.98 Å². The Morgan fingerprint density at radius 2 is 2.12 bits per heavy atom. The second-order valence-electron chi connectivity index (χ2n) is 4.66. The van der Waals surface area contributed by atoms with Crippen LogP contribution in [0.3, 0.4) is 0 Å². The van der Waals surface area contributed by atoms with Gasteiger partial charge in [-0.2, -0.15) is 0 Å². The SMILES string of the molecule is CCCCC(CC)CNC(CC)c1nccs1. The van der Waals surface area contributed by atoms with Gasteiger partial charge in [0.1, 0.15) is 5.01 Å². The Morgan fingerprint density at radius 1 is 1.29 bits per heavy atom. The molecule has 0 aromatic carbocycles. The number of thiazole rings is 1. The van der Waals surface area contributed by atoms with Gasteiger partial charge in [0, 0.05) is 11.6 Å². The molecule has 0 aliphatic heterocycles. The smallest absolute Gasteiger partial charge is 0.109 e. The van der Waals surface area contributed by atoms with Crippen molar-refractivity contribution in [3.8, 4) is 0 Å². The first kappa shape index (κ1) is 14.7. The molecule has 17 heavy (non-hydrogen) atoms. The Bertz CT molecular complexity index is 272. The first-order valence-electron chi connectivity index (χ1n) is 6.94. The van der Waals surface area contributed by atoms with Crippen LogP contribution in [0.1, 0.15) is 63.9 Å². The molecule has 0 aliphatic carbocycles. The zero-order valence-electron chi connectivity index (χ0n) is 11.4. The molecule has 1 aromatic rings. The Kier molecular flexibility index (Phi) is 7.45. The zero-order valence-corrected chi connectivity index (χ0v) is 12.2. The molecule has 1 heterocycles. The van der Waals surface area contributed by atoms with Crippen LogP contribution in [0.5, 0.6) is 0 Å². The van der Waals surface area contributed by atoms with Gasteiger partial charge in [-0.3, -0.25) is 0 Å². The number of unbranched alkanes of at least 4 members (excludes halogenated alkanes) is 1. The molecule has 1 rings (SSSR count). The van der Waals surface area contributed by atoms with Gasteiger partial charge in [0.15, 0.2) is 0 Å². The van der Waals surface area contributed by atoms with Crippen LogP contribution in [0.4, 0.5) is 0 Å². The highest BCUT2D eigenvalue weighted by Crippen LogP contribution is 2.20. The van der Waals surface area contributed by atoms with Crippen molar-refractivity contribution in [2.45, 2.75) is 58.9 Å². The van der Waals surface area contributed by atoms with E-state index in [2.05, 4.69) is 36.5 Å². The van der Waals surface area contributed by atoms with Crippen molar-refractivity contribution in [2.24, 2.45) is 5.92 Å². The third kappa shape index (κ3) is 5.17. The van der Waals surface area contributed by atoms with E-state index in [9.17, 15) is 0 Å². The van der Waals surface area contributed by atoms with E-state index in [0.29, 0.717) is 6.04 Å². The number of nitrogens with one attached hydrogen (secondary N) is 1. The molecule has 0 bridgehead atoms. The van der Waals surface area contributed by atoms with Gasteiger partial charge in [-0.05, 0) is 25.3 Å². The van der Waals surface area contributed by atoms with Gasteiger partial charge in [0.25, 0.3) is 0 Å². The van der Waals surface area contributed by atoms with Crippen LogP contribution in [0.15, 0.2) is 11.6 Å². The topological polar surface area (TPSA) is 24.9 Å². The summed E-state index contributed by atoms with van der Waals surface area (Å²) in [5.74, 6) is 0.823. The third-order valence-electron chi connectivity index (χ3n) is 3.35. The predicted octanol–water partition coefficient (Wildman–Crippen LogP) is 4.40. The summed E-state index contributed by atoms with van der Waals surface area (Å²) in [4.78, 5) is 4.41. The van der Waals surface area contributed by atoms with Gasteiger partial charge < -0.3 is 5.32 Å². The van der Waals surface area contributed by atoms with Gasteiger partial charge in [0.2, 0.25) is 0 Å². The zero-order chi connectivity index (χ0) is 12.5. The molecule has 2 nitrogen and oxygen atoms in total. The average molecular weight is 254 g/mol. The standard InChI is InChI=1S/C14H26N2S/c1-4-7-8-12(5-2)11-16-13(6-3)14-15-9-10-17-14/h9-10,12-13,16H,4-8,11H2,1-3H3. The van der Waals surface area contributed by atoms with Crippen LogP contribution in [0, 0.1) is 5.92 Å². The van der Waals surface area contributed by atoms with Crippen LogP contribution in [0.25, 0.3) is 0 Å². The van der Waals surface area contributed by atoms with Gasteiger partial charge in [-0.15, -0.1) is 11.3 Å². The van der Waals surface area contributed by atoms with Crippen molar-refractivity contribution < 1.29 is 0 Å². The number of hydrogen-bond acceptors (Lipinski definition) is 3. The van der Waals surface area contributed by atoms with E-state index in [1.807, 2.05) is 6.20 Å². The summed E-state index contributed by atoms with van der Waals surface area (Å²) >= 11 is 1.76. The van der Waals surface area contributed by atoms with Crippen molar-refractivity contribution >= 4 is 11.3 Å². The monoisotopic (exact) mass is 254 g/mol. The minimum atomic E-state index is 0.450. The van der Waals surface area contributed by atoms with E-state index in [1.165, 1.54) is 30.7 Å². The quantitative estimate of drug-likeness (QED) is 0.706. The molecule has 0 radical (unpaired) electrons. The van der Waals surface area contributed by atoms with Gasteiger partial charge in [0.05, 0.1) is 6.04 Å². The van der Waals surface area contributed by atoms with Crippen LogP contribution in [-0.2, 0) is 0 Å². The van der Waals surface area contributed by atoms with Crippen molar-refractivity contribution in [1.82, 2.24) is 10.3 Å². The summed E-state index contributed by atoms with van der Waals surface area (Å²) in [5, 5.41) is 6.98. The van der Waals surface area contributed by atoms with E-state index in [0.717, 1.165) is 18.9 Å². The lowest BCUT2D eigenvalue weighted by atomic mass is 9.99. The summed E-state index contributed by atoms with van der Waals surface area (Å²) in [7, 11) is 0. The molecule has 0 saturated carbocycles. The molecule has 3 heteroatoms. The van der Waals surface area contributed by atoms with Crippen LogP contribution in [-0.4, -0.2) is 11.5 Å². The van der Waals surface area contributed by atoms with Crippen molar-refractivity contribution in [2.75, 3.05) is 6.54 Å². The molecule has 0 saturated heterocycles. The summed E-state index contributed by atoms with van der Waals surface area (Å²) in [5.41, 5.74) is 0. The molecule has 1 aromatic heterocycles. The minimum absolute atomic E-state index is 0.450. The van der Waals surface area contributed by atoms with E-state index in [-0.39, 0.29) is 0 Å². The van der Waals surface area contributed by atoms with E-state index >= 15 is 0 Å². The highest BCUT2D eigenvalue weighted by atomic mass is 32.1. The predicted molar refractivity (Wildman–Crippen MR) is 76.5 cm³/mol. The average Bonchev–Trinajstić information content (AvgIpc) is 2.87. The normalized spacial score (nSPS) is 14.8. The lowest BCUT2D eigenvalue weighted by molar-refractivity contribution is 0.386. The molecule has 0 aliphatic rings. The fraction of sp³-hybridized carbons (Fsp3) is 0.786. The molecule has 1 N–H and O–H groups in total. The van der Waals surface area contributed by atoms with E-state index in [1.54, 1.807) is 11.3 Å². The van der Waals surface area contributed by atoms with Crippen LogP contribution >= 0.6 is 11.3 Å². The number of hydrogen-bond donors (Lipinski definition) is 1. The largest absolute Gasteiger partial charge is 0.308 e. The van der Waals surface area contributed by atoms with E-state index in [4.69, 9.17) is 0 Å². The first-order valence-corrected chi connectivity index (χ1v) is 7.82. The van der Waals surface area contributed by atoms with Crippen molar-refractivity contribution in [3.63, 3.8) is 0 Å². The second-order valence-corrected chi connectivity index (χ2v) is 5.58. The molecule has 0 amide bonds. The molecule has 98 valence electrons. The minimum Gasteiger partial charge on any atom is -0.308 e. The summed E-state index contributed by atoms with van der Waals surface area (Å²) in [6, 6.07) is 0.450.